The molecule has 1 N–H and O–H groups in total. The summed E-state index contributed by atoms with van der Waals surface area (Å²) >= 11 is 1.74. The maximum Gasteiger partial charge on any atom is 0.0651 e. The Labute approximate surface area is 125 Å². The molecule has 0 radical (unpaired) electrons. The number of hydrogen-bond donors (Lipinski definition) is 1. The molecule has 1 aromatic heterocycles. The summed E-state index contributed by atoms with van der Waals surface area (Å²) in [5, 5.41) is 15.0. The van der Waals surface area contributed by atoms with Gasteiger partial charge in [-0.2, -0.15) is 11.3 Å². The summed E-state index contributed by atoms with van der Waals surface area (Å²) in [5.41, 5.74) is 2.37. The van der Waals surface area contributed by atoms with E-state index in [0.29, 0.717) is 5.92 Å². The zero-order valence-electron chi connectivity index (χ0n) is 11.8. The van der Waals surface area contributed by atoms with Crippen LogP contribution in [0.2, 0.25) is 0 Å². The van der Waals surface area contributed by atoms with Crippen molar-refractivity contribution in [1.29, 1.82) is 0 Å². The third kappa shape index (κ3) is 3.31. The maximum absolute atomic E-state index is 10.7. The van der Waals surface area contributed by atoms with Gasteiger partial charge in [0.25, 0.3) is 0 Å². The molecule has 0 bridgehead atoms. The van der Waals surface area contributed by atoms with Crippen LogP contribution in [-0.2, 0) is 6.42 Å². The summed E-state index contributed by atoms with van der Waals surface area (Å²) in [7, 11) is 0. The Hall–Kier alpha value is -1.12. The van der Waals surface area contributed by atoms with Gasteiger partial charge in [-0.15, -0.1) is 0 Å². The molecule has 106 valence electrons. The second kappa shape index (κ2) is 6.11. The number of thiophene rings is 1. The van der Waals surface area contributed by atoms with Gasteiger partial charge in [-0.05, 0) is 72.4 Å². The standard InChI is InChI=1S/C18H22OS/c19-18(10-6-15-9-13-20-14-15)11-7-17(8-12-18)16-4-2-1-3-5-16/h1-5,9,13-14,17,19H,6-8,10-12H2. The van der Waals surface area contributed by atoms with E-state index in [1.165, 1.54) is 11.1 Å². The Morgan fingerprint density at radius 2 is 1.85 bits per heavy atom. The first kappa shape index (κ1) is 13.8. The summed E-state index contributed by atoms with van der Waals surface area (Å²) in [5.74, 6) is 0.637. The molecule has 0 saturated heterocycles. The molecule has 1 nitrogen and oxygen atoms in total. The van der Waals surface area contributed by atoms with Crippen molar-refractivity contribution in [3.05, 3.63) is 58.3 Å². The number of aryl methyl sites for hydroxylation is 1. The van der Waals surface area contributed by atoms with E-state index >= 15 is 0 Å². The molecule has 1 fully saturated rings. The fourth-order valence-electron chi connectivity index (χ4n) is 3.28. The van der Waals surface area contributed by atoms with Gasteiger partial charge in [0.2, 0.25) is 0 Å². The lowest BCUT2D eigenvalue weighted by atomic mass is 9.74. The van der Waals surface area contributed by atoms with Crippen LogP contribution in [0, 0.1) is 0 Å². The second-order valence-corrected chi connectivity index (χ2v) is 6.82. The van der Waals surface area contributed by atoms with Gasteiger partial charge >= 0.3 is 0 Å². The molecule has 1 aliphatic carbocycles. The lowest BCUT2D eigenvalue weighted by Gasteiger charge is -2.36. The quantitative estimate of drug-likeness (QED) is 0.858. The highest BCUT2D eigenvalue weighted by molar-refractivity contribution is 7.07. The third-order valence-electron chi connectivity index (χ3n) is 4.65. The van der Waals surface area contributed by atoms with Crippen molar-refractivity contribution in [3.63, 3.8) is 0 Å². The van der Waals surface area contributed by atoms with Crippen LogP contribution in [0.25, 0.3) is 0 Å². The Balaban J connectivity index is 1.54. The van der Waals surface area contributed by atoms with Gasteiger partial charge in [0, 0.05) is 0 Å². The fraction of sp³-hybridized carbons (Fsp3) is 0.444. The van der Waals surface area contributed by atoms with Crippen LogP contribution in [0.5, 0.6) is 0 Å². The van der Waals surface area contributed by atoms with Crippen molar-refractivity contribution >= 4 is 11.3 Å². The number of hydrogen-bond acceptors (Lipinski definition) is 2. The van der Waals surface area contributed by atoms with E-state index in [4.69, 9.17) is 0 Å². The highest BCUT2D eigenvalue weighted by Gasteiger charge is 2.33. The van der Waals surface area contributed by atoms with E-state index in [0.717, 1.165) is 38.5 Å². The predicted molar refractivity (Wildman–Crippen MR) is 85.2 cm³/mol. The molecule has 2 heteroatoms. The molecule has 1 saturated carbocycles. The Morgan fingerprint density at radius 3 is 2.50 bits per heavy atom. The van der Waals surface area contributed by atoms with E-state index in [-0.39, 0.29) is 0 Å². The smallest absolute Gasteiger partial charge is 0.0651 e. The monoisotopic (exact) mass is 286 g/mol. The van der Waals surface area contributed by atoms with Crippen LogP contribution in [-0.4, -0.2) is 10.7 Å². The largest absolute Gasteiger partial charge is 0.390 e. The normalized spacial score (nSPS) is 26.6. The highest BCUT2D eigenvalue weighted by atomic mass is 32.1. The van der Waals surface area contributed by atoms with E-state index in [9.17, 15) is 5.11 Å². The van der Waals surface area contributed by atoms with Crippen molar-refractivity contribution in [2.75, 3.05) is 0 Å². The average Bonchev–Trinajstić information content (AvgIpc) is 3.01. The lowest BCUT2D eigenvalue weighted by molar-refractivity contribution is -0.00815. The summed E-state index contributed by atoms with van der Waals surface area (Å²) < 4.78 is 0. The maximum atomic E-state index is 10.7. The van der Waals surface area contributed by atoms with E-state index in [1.807, 2.05) is 0 Å². The molecule has 1 aromatic carbocycles. The zero-order valence-corrected chi connectivity index (χ0v) is 12.6. The SMILES string of the molecule is OC1(CCc2ccsc2)CCC(c2ccccc2)CC1. The molecule has 3 rings (SSSR count). The summed E-state index contributed by atoms with van der Waals surface area (Å²) in [6.07, 6.45) is 6.03. The molecule has 1 heterocycles. The molecule has 0 spiro atoms. The zero-order chi connectivity index (χ0) is 13.8. The van der Waals surface area contributed by atoms with Crippen LogP contribution in [0.1, 0.15) is 49.1 Å². The first-order valence-corrected chi connectivity index (χ1v) is 8.48. The Bertz CT molecular complexity index is 510. The van der Waals surface area contributed by atoms with Crippen molar-refractivity contribution in [1.82, 2.24) is 0 Å². The van der Waals surface area contributed by atoms with Crippen molar-refractivity contribution in [3.8, 4) is 0 Å². The van der Waals surface area contributed by atoms with Crippen LogP contribution in [0.3, 0.4) is 0 Å². The summed E-state index contributed by atoms with van der Waals surface area (Å²) in [4.78, 5) is 0. The van der Waals surface area contributed by atoms with Gasteiger partial charge < -0.3 is 5.11 Å². The third-order valence-corrected chi connectivity index (χ3v) is 5.38. The molecule has 20 heavy (non-hydrogen) atoms. The van der Waals surface area contributed by atoms with Gasteiger partial charge in [-0.1, -0.05) is 30.3 Å². The average molecular weight is 286 g/mol. The van der Waals surface area contributed by atoms with Crippen molar-refractivity contribution in [2.45, 2.75) is 50.0 Å². The van der Waals surface area contributed by atoms with E-state index < -0.39 is 5.60 Å². The fourth-order valence-corrected chi connectivity index (χ4v) is 3.98. The molecule has 0 aliphatic heterocycles. The molecule has 0 amide bonds. The van der Waals surface area contributed by atoms with Gasteiger partial charge in [-0.3, -0.25) is 0 Å². The minimum atomic E-state index is -0.437. The topological polar surface area (TPSA) is 20.2 Å². The Kier molecular flexibility index (Phi) is 4.23. The molecule has 0 unspecified atom stereocenters. The van der Waals surface area contributed by atoms with Crippen LogP contribution in [0.4, 0.5) is 0 Å². The lowest BCUT2D eigenvalue weighted by Crippen LogP contribution is -2.34. The van der Waals surface area contributed by atoms with Crippen LogP contribution in [0.15, 0.2) is 47.2 Å². The number of aliphatic hydroxyl groups is 1. The number of rotatable bonds is 4. The summed E-state index contributed by atoms with van der Waals surface area (Å²) in [6.45, 7) is 0. The first-order valence-electron chi connectivity index (χ1n) is 7.54. The minimum absolute atomic E-state index is 0.437. The molecule has 2 aromatic rings. The minimum Gasteiger partial charge on any atom is -0.390 e. The number of benzene rings is 1. The summed E-state index contributed by atoms with van der Waals surface area (Å²) in [6, 6.07) is 12.9. The van der Waals surface area contributed by atoms with Gasteiger partial charge in [0.05, 0.1) is 5.60 Å². The van der Waals surface area contributed by atoms with Crippen LogP contribution < -0.4 is 0 Å². The van der Waals surface area contributed by atoms with Crippen molar-refractivity contribution in [2.24, 2.45) is 0 Å². The Morgan fingerprint density at radius 1 is 1.10 bits per heavy atom. The van der Waals surface area contributed by atoms with Crippen LogP contribution >= 0.6 is 11.3 Å². The molecule has 1 aliphatic rings. The molecular weight excluding hydrogens is 264 g/mol. The second-order valence-electron chi connectivity index (χ2n) is 6.04. The van der Waals surface area contributed by atoms with E-state index in [2.05, 4.69) is 47.2 Å². The van der Waals surface area contributed by atoms with Gasteiger partial charge in [0.15, 0.2) is 0 Å². The van der Waals surface area contributed by atoms with Gasteiger partial charge in [0.1, 0.15) is 0 Å². The molecule has 0 atom stereocenters. The molecular formula is C18H22OS. The van der Waals surface area contributed by atoms with Crippen molar-refractivity contribution < 1.29 is 5.11 Å². The van der Waals surface area contributed by atoms with Gasteiger partial charge in [-0.25, -0.2) is 0 Å². The highest BCUT2D eigenvalue weighted by Crippen LogP contribution is 2.40. The first-order chi connectivity index (χ1) is 9.75. The predicted octanol–water partition coefficient (Wildman–Crippen LogP) is 4.77. The van der Waals surface area contributed by atoms with E-state index in [1.54, 1.807) is 11.3 Å².